The fraction of sp³-hybridized carbons (Fsp3) is 0. The minimum atomic E-state index is 0.221. The highest BCUT2D eigenvalue weighted by Crippen LogP contribution is 1.98. The molecule has 0 amide bonds. The van der Waals surface area contributed by atoms with Crippen LogP contribution < -0.4 is 32.8 Å². The van der Waals surface area contributed by atoms with Crippen molar-refractivity contribution in [3.63, 3.8) is 0 Å². The lowest BCUT2D eigenvalue weighted by atomic mass is 9.35. The summed E-state index contributed by atoms with van der Waals surface area (Å²) in [5.41, 5.74) is 7.88. The number of hydrogen-bond acceptors (Lipinski definition) is 0. The number of hydrogen-bond donors (Lipinski definition) is 0. The first-order valence-corrected chi connectivity index (χ1v) is 11.2. The molecule has 0 fully saturated rings. The molecule has 5 aromatic carbocycles. The van der Waals surface area contributed by atoms with Gasteiger partial charge in [0.2, 0.25) is 13.4 Å². The molecule has 0 bridgehead atoms. The third-order valence-corrected chi connectivity index (χ3v) is 6.13. The Labute approximate surface area is 191 Å². The first-order valence-electron chi connectivity index (χ1n) is 11.2. The molecule has 0 radical (unpaired) electrons. The zero-order valence-corrected chi connectivity index (χ0v) is 18.0. The predicted molar refractivity (Wildman–Crippen MR) is 142 cm³/mol. The Kier molecular flexibility index (Phi) is 6.03. The molecule has 0 aliphatic heterocycles. The molecule has 0 saturated carbocycles. The van der Waals surface area contributed by atoms with Crippen LogP contribution in [-0.2, 0) is 0 Å². The van der Waals surface area contributed by atoms with Crippen LogP contribution >= 0.6 is 0 Å². The molecule has 0 N–H and O–H groups in total. The molecule has 0 aromatic heterocycles. The van der Waals surface area contributed by atoms with E-state index in [4.69, 9.17) is 0 Å². The Balaban J connectivity index is 1.57. The van der Waals surface area contributed by atoms with Crippen LogP contribution in [0, 0.1) is 0 Å². The van der Waals surface area contributed by atoms with Crippen LogP contribution in [0.1, 0.15) is 0 Å². The third kappa shape index (κ3) is 4.31. The highest BCUT2D eigenvalue weighted by Gasteiger charge is 2.24. The van der Waals surface area contributed by atoms with Crippen molar-refractivity contribution in [2.45, 2.75) is 0 Å². The Bertz CT molecular complexity index is 1060. The second-order valence-corrected chi connectivity index (χ2v) is 8.18. The lowest BCUT2D eigenvalue weighted by Gasteiger charge is -2.19. The lowest BCUT2D eigenvalue weighted by Crippen LogP contribution is -2.54. The molecule has 0 unspecified atom stereocenters. The number of benzene rings is 5. The summed E-state index contributed by atoms with van der Waals surface area (Å²) >= 11 is 0. The third-order valence-electron chi connectivity index (χ3n) is 6.13. The maximum Gasteiger partial charge on any atom is 0.241 e. The van der Waals surface area contributed by atoms with Gasteiger partial charge < -0.3 is 0 Å². The van der Waals surface area contributed by atoms with Crippen molar-refractivity contribution in [3.8, 4) is 0 Å². The van der Waals surface area contributed by atoms with Crippen molar-refractivity contribution >= 4 is 46.2 Å². The summed E-state index contributed by atoms with van der Waals surface area (Å²) in [5, 5.41) is 0. The molecule has 5 rings (SSSR count). The van der Waals surface area contributed by atoms with Crippen molar-refractivity contribution in [2.75, 3.05) is 0 Å². The highest BCUT2D eigenvalue weighted by molar-refractivity contribution is 6.97. The van der Waals surface area contributed by atoms with Crippen LogP contribution in [0.3, 0.4) is 0 Å². The molecular formula is C30H24B2. The summed E-state index contributed by atoms with van der Waals surface area (Å²) in [6.45, 7) is 0.441. The van der Waals surface area contributed by atoms with Gasteiger partial charge >= 0.3 is 0 Å². The quantitative estimate of drug-likeness (QED) is 0.381. The summed E-state index contributed by atoms with van der Waals surface area (Å²) < 4.78 is 0. The topological polar surface area (TPSA) is 0 Å². The molecule has 0 spiro atoms. The van der Waals surface area contributed by atoms with Crippen LogP contribution in [-0.4, -0.2) is 13.4 Å². The molecule has 32 heavy (non-hydrogen) atoms. The molecule has 0 aliphatic carbocycles. The van der Waals surface area contributed by atoms with E-state index in [0.717, 1.165) is 0 Å². The van der Waals surface area contributed by atoms with E-state index in [9.17, 15) is 0 Å². The fourth-order valence-electron chi connectivity index (χ4n) is 4.62. The van der Waals surface area contributed by atoms with Gasteiger partial charge in [0, 0.05) is 0 Å². The maximum atomic E-state index is 2.30. The minimum absolute atomic E-state index is 0.221. The molecule has 0 atom stereocenters. The Hall–Kier alpha value is -3.77. The van der Waals surface area contributed by atoms with Crippen LogP contribution in [0.4, 0.5) is 0 Å². The molecule has 0 saturated heterocycles. The Morgan fingerprint density at radius 3 is 0.625 bits per heavy atom. The summed E-state index contributed by atoms with van der Waals surface area (Å²) in [5.74, 6) is 0. The van der Waals surface area contributed by atoms with Gasteiger partial charge in [0.25, 0.3) is 0 Å². The fourth-order valence-corrected chi connectivity index (χ4v) is 4.62. The van der Waals surface area contributed by atoms with Crippen LogP contribution in [0.2, 0.25) is 0 Å². The Morgan fingerprint density at radius 2 is 0.406 bits per heavy atom. The van der Waals surface area contributed by atoms with Gasteiger partial charge in [-0.2, -0.15) is 0 Å². The zero-order chi connectivity index (χ0) is 21.6. The Morgan fingerprint density at radius 1 is 0.219 bits per heavy atom. The summed E-state index contributed by atoms with van der Waals surface area (Å²) in [7, 11) is 0. The van der Waals surface area contributed by atoms with Crippen molar-refractivity contribution in [3.05, 3.63) is 146 Å². The second-order valence-electron chi connectivity index (χ2n) is 8.18. The monoisotopic (exact) mass is 406 g/mol. The van der Waals surface area contributed by atoms with Crippen LogP contribution in [0.15, 0.2) is 146 Å². The van der Waals surface area contributed by atoms with Gasteiger partial charge in [0.15, 0.2) is 0 Å². The van der Waals surface area contributed by atoms with E-state index in [1.54, 1.807) is 0 Å². The summed E-state index contributed by atoms with van der Waals surface area (Å²) in [4.78, 5) is 0. The SMILES string of the molecule is c1ccc(B(c2ccccc2)c2ccc(B(c3ccccc3)c3ccccc3)cc2)cc1. The van der Waals surface area contributed by atoms with Crippen LogP contribution in [0.5, 0.6) is 0 Å². The van der Waals surface area contributed by atoms with E-state index in [1.165, 1.54) is 32.8 Å². The van der Waals surface area contributed by atoms with E-state index in [1.807, 2.05) is 0 Å². The average Bonchev–Trinajstić information content (AvgIpc) is 2.88. The van der Waals surface area contributed by atoms with Gasteiger partial charge in [-0.25, -0.2) is 0 Å². The largest absolute Gasteiger partial charge is 0.241 e. The van der Waals surface area contributed by atoms with E-state index in [0.29, 0.717) is 0 Å². The van der Waals surface area contributed by atoms with E-state index >= 15 is 0 Å². The van der Waals surface area contributed by atoms with Gasteiger partial charge in [-0.1, -0.05) is 178 Å². The van der Waals surface area contributed by atoms with Gasteiger partial charge in [-0.15, -0.1) is 0 Å². The van der Waals surface area contributed by atoms with Crippen LogP contribution in [0.25, 0.3) is 0 Å². The first kappa shape index (κ1) is 20.2. The smallest absolute Gasteiger partial charge is 0.0687 e. The standard InChI is InChI=1S/C30H24B2/c1-5-13-25(14-6-1)31(26-15-7-2-8-16-26)29-21-23-30(24-22-29)32(27-17-9-3-10-18-27)28-19-11-4-12-20-28/h1-24H. The van der Waals surface area contributed by atoms with E-state index in [-0.39, 0.29) is 13.4 Å². The lowest BCUT2D eigenvalue weighted by molar-refractivity contribution is 1.71. The molecule has 0 aliphatic rings. The van der Waals surface area contributed by atoms with E-state index < -0.39 is 0 Å². The zero-order valence-electron chi connectivity index (χ0n) is 18.0. The molecule has 0 nitrogen and oxygen atoms in total. The van der Waals surface area contributed by atoms with Gasteiger partial charge in [0.05, 0.1) is 0 Å². The van der Waals surface area contributed by atoms with Crippen molar-refractivity contribution in [1.82, 2.24) is 0 Å². The average molecular weight is 406 g/mol. The van der Waals surface area contributed by atoms with E-state index in [2.05, 4.69) is 146 Å². The summed E-state index contributed by atoms with van der Waals surface area (Å²) in [6, 6.07) is 52.3. The first-order chi connectivity index (χ1) is 15.9. The van der Waals surface area contributed by atoms with Gasteiger partial charge in [-0.3, -0.25) is 0 Å². The number of rotatable bonds is 6. The van der Waals surface area contributed by atoms with Crippen molar-refractivity contribution in [2.24, 2.45) is 0 Å². The second kappa shape index (κ2) is 9.58. The molecular weight excluding hydrogens is 382 g/mol. The highest BCUT2D eigenvalue weighted by atomic mass is 14.0. The van der Waals surface area contributed by atoms with Crippen molar-refractivity contribution in [1.29, 1.82) is 0 Å². The minimum Gasteiger partial charge on any atom is -0.0687 e. The van der Waals surface area contributed by atoms with Crippen molar-refractivity contribution < 1.29 is 0 Å². The molecule has 2 heteroatoms. The molecule has 0 heterocycles. The van der Waals surface area contributed by atoms with Gasteiger partial charge in [-0.05, 0) is 0 Å². The van der Waals surface area contributed by atoms with Gasteiger partial charge in [0.1, 0.15) is 0 Å². The summed E-state index contributed by atoms with van der Waals surface area (Å²) in [6.07, 6.45) is 0. The maximum absolute atomic E-state index is 2.30. The predicted octanol–water partition coefficient (Wildman–Crippen LogP) is 2.72. The molecule has 150 valence electrons. The normalized spacial score (nSPS) is 10.5. The molecule has 5 aromatic rings.